The number of methoxy groups -OCH3 is 1. The number of Topliss-reactive ketones (excluding diaryl/α,β-unsaturated/α-hetero) is 1. The molecule has 2 bridgehead atoms. The molecular weight excluding hydrogens is 596 g/mol. The van der Waals surface area contributed by atoms with Gasteiger partial charge in [0.1, 0.15) is 11.5 Å². The number of ketones is 1. The molecule has 4 fully saturated rings. The summed E-state index contributed by atoms with van der Waals surface area (Å²) in [6, 6.07) is 8.59. The number of rotatable bonds is 7. The molecule has 5 aliphatic carbocycles. The van der Waals surface area contributed by atoms with Crippen molar-refractivity contribution in [2.45, 2.75) is 97.1 Å². The fourth-order valence-electron chi connectivity index (χ4n) is 10.8. The zero-order chi connectivity index (χ0) is 32.9. The molecule has 0 unspecified atom stereocenters. The highest BCUT2D eigenvalue weighted by molar-refractivity contribution is 6.70. The van der Waals surface area contributed by atoms with Crippen molar-refractivity contribution in [3.63, 3.8) is 0 Å². The van der Waals surface area contributed by atoms with Gasteiger partial charge in [0, 0.05) is 40.4 Å². The van der Waals surface area contributed by atoms with Crippen LogP contribution in [0.5, 0.6) is 5.75 Å². The van der Waals surface area contributed by atoms with E-state index in [0.717, 1.165) is 37.2 Å². The van der Waals surface area contributed by atoms with Gasteiger partial charge in [0.25, 0.3) is 0 Å². The van der Waals surface area contributed by atoms with Crippen LogP contribution in [0.3, 0.4) is 0 Å². The maximum atomic E-state index is 15.2. The number of ether oxygens (including phenoxy) is 4. The predicted octanol–water partition coefficient (Wildman–Crippen LogP) is 7.36. The standard InChI is InChI=1S/C38H52O7Si/c1-9-42-29(39)21-27-33(40)30-26(38(27)43-22-34(2,3)23-44-38)20-28(45-46(6,7)8)31-32(30)36-17-11-10-16-35(36,4)37(31,19-18-36)24-12-14-25(41-5)15-13-24/h12-15,18-19,26-27,30,32H,9-11,16-17,20-23H2,1-8H3/t26-,27-,30-,32+,35+,36+,37+/m1/s1. The van der Waals surface area contributed by atoms with Crippen molar-refractivity contribution in [1.82, 2.24) is 0 Å². The Balaban J connectivity index is 1.46. The summed E-state index contributed by atoms with van der Waals surface area (Å²) >= 11 is 0. The van der Waals surface area contributed by atoms with Crippen molar-refractivity contribution in [1.29, 1.82) is 0 Å². The highest BCUT2D eigenvalue weighted by Crippen LogP contribution is 2.82. The highest BCUT2D eigenvalue weighted by Gasteiger charge is 2.80. The van der Waals surface area contributed by atoms with Crippen LogP contribution in [0.4, 0.5) is 0 Å². The quantitative estimate of drug-likeness (QED) is 0.174. The first kappa shape index (κ1) is 32.1. The average molecular weight is 649 g/mol. The lowest BCUT2D eigenvalue weighted by Crippen LogP contribution is -2.56. The van der Waals surface area contributed by atoms with Crippen molar-refractivity contribution in [2.75, 3.05) is 26.9 Å². The molecule has 250 valence electrons. The van der Waals surface area contributed by atoms with Gasteiger partial charge in [-0.3, -0.25) is 9.59 Å². The van der Waals surface area contributed by atoms with Crippen LogP contribution in [0.15, 0.2) is 47.7 Å². The van der Waals surface area contributed by atoms with E-state index in [1.807, 2.05) is 0 Å². The van der Waals surface area contributed by atoms with Crippen LogP contribution < -0.4 is 4.74 Å². The predicted molar refractivity (Wildman–Crippen MR) is 178 cm³/mol. The lowest BCUT2D eigenvalue weighted by Gasteiger charge is -2.52. The monoisotopic (exact) mass is 648 g/mol. The molecule has 7 rings (SSSR count). The molecular formula is C38H52O7Si. The summed E-state index contributed by atoms with van der Waals surface area (Å²) in [6.45, 7) is 16.5. The van der Waals surface area contributed by atoms with E-state index in [9.17, 15) is 4.79 Å². The molecule has 1 saturated heterocycles. The van der Waals surface area contributed by atoms with Crippen LogP contribution in [-0.4, -0.2) is 52.8 Å². The average Bonchev–Trinajstić information content (AvgIpc) is 3.49. The van der Waals surface area contributed by atoms with E-state index in [1.54, 1.807) is 14.0 Å². The second-order valence-electron chi connectivity index (χ2n) is 16.7. The van der Waals surface area contributed by atoms with Crippen LogP contribution in [0.1, 0.15) is 71.8 Å². The Morgan fingerprint density at radius 2 is 1.67 bits per heavy atom. The fourth-order valence-corrected chi connectivity index (χ4v) is 11.8. The summed E-state index contributed by atoms with van der Waals surface area (Å²) < 4.78 is 31.9. The van der Waals surface area contributed by atoms with Gasteiger partial charge in [-0.25, -0.2) is 0 Å². The Kier molecular flexibility index (Phi) is 7.36. The van der Waals surface area contributed by atoms with Crippen LogP contribution in [0, 0.1) is 39.9 Å². The Morgan fingerprint density at radius 3 is 2.30 bits per heavy atom. The fraction of sp³-hybridized carbons (Fsp3) is 0.684. The molecule has 7 nitrogen and oxygen atoms in total. The van der Waals surface area contributed by atoms with Gasteiger partial charge in [0.05, 0.1) is 45.0 Å². The molecule has 1 aliphatic heterocycles. The molecule has 6 aliphatic rings. The normalized spacial score (nSPS) is 38.4. The molecule has 0 aromatic heterocycles. The molecule has 0 N–H and O–H groups in total. The Hall–Kier alpha value is -2.42. The van der Waals surface area contributed by atoms with Crippen LogP contribution in [0.2, 0.25) is 19.6 Å². The molecule has 1 spiro atoms. The summed E-state index contributed by atoms with van der Waals surface area (Å²) in [7, 11) is -0.393. The van der Waals surface area contributed by atoms with Crippen LogP contribution in [-0.2, 0) is 33.6 Å². The second-order valence-corrected chi connectivity index (χ2v) is 21.2. The van der Waals surface area contributed by atoms with Gasteiger partial charge in [0.15, 0.2) is 5.79 Å². The van der Waals surface area contributed by atoms with Crippen LogP contribution >= 0.6 is 0 Å². The van der Waals surface area contributed by atoms with E-state index in [2.05, 4.69) is 76.8 Å². The summed E-state index contributed by atoms with van der Waals surface area (Å²) in [5, 5.41) is 0. The second kappa shape index (κ2) is 10.5. The van der Waals surface area contributed by atoms with Gasteiger partial charge < -0.3 is 23.4 Å². The van der Waals surface area contributed by atoms with Gasteiger partial charge in [-0.1, -0.05) is 57.9 Å². The lowest BCUT2D eigenvalue weighted by atomic mass is 9.52. The first-order valence-electron chi connectivity index (χ1n) is 17.4. The lowest BCUT2D eigenvalue weighted by molar-refractivity contribution is -0.334. The van der Waals surface area contributed by atoms with Crippen molar-refractivity contribution in [3.8, 4) is 5.75 Å². The maximum Gasteiger partial charge on any atom is 0.306 e. The van der Waals surface area contributed by atoms with Crippen molar-refractivity contribution in [2.24, 2.45) is 39.9 Å². The zero-order valence-corrected chi connectivity index (χ0v) is 30.0. The third-order valence-corrected chi connectivity index (χ3v) is 13.4. The van der Waals surface area contributed by atoms with Crippen molar-refractivity contribution >= 4 is 20.1 Å². The minimum Gasteiger partial charge on any atom is -0.547 e. The molecule has 8 heteroatoms. The number of benzene rings is 1. The first-order valence-corrected chi connectivity index (χ1v) is 20.8. The van der Waals surface area contributed by atoms with E-state index in [0.29, 0.717) is 19.6 Å². The highest BCUT2D eigenvalue weighted by atomic mass is 28.4. The number of carbonyl (C=O) groups excluding carboxylic acids is 2. The first-order chi connectivity index (χ1) is 21.7. The van der Waals surface area contributed by atoms with Crippen molar-refractivity contribution in [3.05, 3.63) is 53.3 Å². The number of hydrogen-bond acceptors (Lipinski definition) is 7. The molecule has 1 aromatic carbocycles. The van der Waals surface area contributed by atoms with Gasteiger partial charge in [-0.15, -0.1) is 0 Å². The van der Waals surface area contributed by atoms with Crippen molar-refractivity contribution < 1.29 is 33.0 Å². The topological polar surface area (TPSA) is 80.3 Å². The Bertz CT molecular complexity index is 1480. The van der Waals surface area contributed by atoms with E-state index < -0.39 is 25.4 Å². The number of esters is 1. The number of fused-ring (bicyclic) bond motifs is 5. The molecule has 3 saturated carbocycles. The Morgan fingerprint density at radius 1 is 1.00 bits per heavy atom. The summed E-state index contributed by atoms with van der Waals surface area (Å²) in [6.07, 6.45) is 9.85. The van der Waals surface area contributed by atoms with Gasteiger partial charge in [0.2, 0.25) is 8.32 Å². The zero-order valence-electron chi connectivity index (χ0n) is 29.0. The van der Waals surface area contributed by atoms with E-state index in [-0.39, 0.29) is 58.8 Å². The summed E-state index contributed by atoms with van der Waals surface area (Å²) in [5.74, 6) is -0.983. The molecule has 0 radical (unpaired) electrons. The minimum absolute atomic E-state index is 0.0317. The third-order valence-electron chi connectivity index (χ3n) is 12.5. The van der Waals surface area contributed by atoms with Gasteiger partial charge in [-0.05, 0) is 68.1 Å². The molecule has 46 heavy (non-hydrogen) atoms. The minimum atomic E-state index is -2.10. The Labute approximate surface area is 275 Å². The van der Waals surface area contributed by atoms with E-state index in [4.69, 9.17) is 23.4 Å². The largest absolute Gasteiger partial charge is 0.547 e. The SMILES string of the molecule is CCOC(=O)C[C@@H]1C(=O)[C@@H]2[C@@H](CC(O[Si](C)(C)C)=C3[C@H]2[C@]24C=C[C@@]3(c3ccc(OC)cc3)[C@@]2(C)CCCC4)C12OCC(C)(C)CO2. The molecule has 0 amide bonds. The van der Waals surface area contributed by atoms with E-state index >= 15 is 4.79 Å². The molecule has 1 heterocycles. The van der Waals surface area contributed by atoms with Gasteiger partial charge >= 0.3 is 5.97 Å². The maximum absolute atomic E-state index is 15.2. The summed E-state index contributed by atoms with van der Waals surface area (Å²) in [4.78, 5) is 28.3. The smallest absolute Gasteiger partial charge is 0.306 e. The summed E-state index contributed by atoms with van der Waals surface area (Å²) in [5.41, 5.74) is 1.57. The molecule has 1 aromatic rings. The molecule has 7 atom stereocenters. The van der Waals surface area contributed by atoms with Crippen LogP contribution in [0.25, 0.3) is 0 Å². The van der Waals surface area contributed by atoms with E-state index in [1.165, 1.54) is 11.1 Å². The number of allylic oxidation sites excluding steroid dienone is 4. The number of hydrogen-bond donors (Lipinski definition) is 0. The van der Waals surface area contributed by atoms with Gasteiger partial charge in [-0.2, -0.15) is 0 Å². The number of carbonyl (C=O) groups is 2. The third kappa shape index (κ3) is 4.21.